The highest BCUT2D eigenvalue weighted by Gasteiger charge is 2.15. The van der Waals surface area contributed by atoms with Gasteiger partial charge in [-0.05, 0) is 73.4 Å². The first-order valence-corrected chi connectivity index (χ1v) is 15.5. The number of methoxy groups -OCH3 is 3. The van der Waals surface area contributed by atoms with Gasteiger partial charge in [-0.2, -0.15) is 0 Å². The molecular weight excluding hydrogens is 540 g/mol. The van der Waals surface area contributed by atoms with Crippen molar-refractivity contribution in [1.82, 2.24) is 10.6 Å². The third-order valence-electron chi connectivity index (χ3n) is 7.65. The Morgan fingerprint density at radius 2 is 1.26 bits per heavy atom. The normalized spacial score (nSPS) is 10.7. The zero-order valence-electron chi connectivity index (χ0n) is 26.1. The van der Waals surface area contributed by atoms with Crippen molar-refractivity contribution in [3.8, 4) is 17.2 Å². The quantitative estimate of drug-likeness (QED) is 0.153. The number of aryl methyl sites for hydroxylation is 1. The first-order valence-electron chi connectivity index (χ1n) is 15.5. The van der Waals surface area contributed by atoms with Gasteiger partial charge in [0.25, 0.3) is 0 Å². The third-order valence-corrected chi connectivity index (χ3v) is 7.65. The Morgan fingerprint density at radius 1 is 0.605 bits per heavy atom. The summed E-state index contributed by atoms with van der Waals surface area (Å²) in [4.78, 5) is 24.5. The number of carbonyl (C=O) groups excluding carboxylic acids is 2. The van der Waals surface area contributed by atoms with Crippen LogP contribution in [0.4, 0.5) is 0 Å². The van der Waals surface area contributed by atoms with E-state index in [4.69, 9.17) is 14.2 Å². The molecule has 7 heteroatoms. The van der Waals surface area contributed by atoms with Crippen molar-refractivity contribution in [2.24, 2.45) is 0 Å². The van der Waals surface area contributed by atoms with E-state index in [9.17, 15) is 9.59 Å². The number of ether oxygens (including phenoxy) is 3. The van der Waals surface area contributed by atoms with Crippen molar-refractivity contribution in [3.05, 3.63) is 89.0 Å². The number of amides is 2. The van der Waals surface area contributed by atoms with Crippen molar-refractivity contribution < 1.29 is 23.8 Å². The largest absolute Gasteiger partial charge is 0.497 e. The average Bonchev–Trinajstić information content (AvgIpc) is 3.03. The van der Waals surface area contributed by atoms with Crippen molar-refractivity contribution in [2.75, 3.05) is 34.4 Å². The molecule has 3 aromatic rings. The second-order valence-corrected chi connectivity index (χ2v) is 10.7. The van der Waals surface area contributed by atoms with E-state index in [1.165, 1.54) is 11.1 Å². The molecule has 2 N–H and O–H groups in total. The van der Waals surface area contributed by atoms with Crippen LogP contribution in [0.2, 0.25) is 0 Å². The molecule has 0 fully saturated rings. The predicted octanol–water partition coefficient (Wildman–Crippen LogP) is 6.25. The monoisotopic (exact) mass is 588 g/mol. The lowest BCUT2D eigenvalue weighted by Crippen LogP contribution is -2.25. The highest BCUT2D eigenvalue weighted by molar-refractivity contribution is 5.76. The SMILES string of the molecule is COc1cccc(CCc2c(CCNC(=O)CCCCCCCC(=O)NCCc3ccccc3)ccc(OC)c2OC)c1. The molecule has 0 aromatic heterocycles. The predicted molar refractivity (Wildman–Crippen MR) is 172 cm³/mol. The van der Waals surface area contributed by atoms with E-state index in [0.29, 0.717) is 38.1 Å². The van der Waals surface area contributed by atoms with Gasteiger partial charge in [-0.15, -0.1) is 0 Å². The average molecular weight is 589 g/mol. The maximum Gasteiger partial charge on any atom is 0.220 e. The Balaban J connectivity index is 1.32. The van der Waals surface area contributed by atoms with Crippen LogP contribution in [-0.2, 0) is 35.3 Å². The number of nitrogens with one attached hydrogen (secondary N) is 2. The van der Waals surface area contributed by atoms with Gasteiger partial charge in [0.05, 0.1) is 21.3 Å². The molecular formula is C36H48N2O5. The Labute approximate surface area is 257 Å². The summed E-state index contributed by atoms with van der Waals surface area (Å²) in [6.07, 6.45) is 9.05. The van der Waals surface area contributed by atoms with Crippen LogP contribution < -0.4 is 24.8 Å². The smallest absolute Gasteiger partial charge is 0.220 e. The van der Waals surface area contributed by atoms with Crippen LogP contribution in [0.5, 0.6) is 17.2 Å². The zero-order valence-corrected chi connectivity index (χ0v) is 26.1. The van der Waals surface area contributed by atoms with Crippen LogP contribution in [-0.4, -0.2) is 46.2 Å². The Kier molecular flexibility index (Phi) is 15.0. The number of hydrogen-bond acceptors (Lipinski definition) is 5. The molecule has 0 spiro atoms. The molecule has 7 nitrogen and oxygen atoms in total. The second kappa shape index (κ2) is 19.2. The topological polar surface area (TPSA) is 85.9 Å². The first kappa shape index (κ1) is 33.5. The van der Waals surface area contributed by atoms with Crippen LogP contribution in [0.1, 0.15) is 67.2 Å². The van der Waals surface area contributed by atoms with E-state index in [0.717, 1.165) is 74.0 Å². The minimum Gasteiger partial charge on any atom is -0.497 e. The van der Waals surface area contributed by atoms with Crippen LogP contribution >= 0.6 is 0 Å². The molecule has 3 rings (SSSR count). The molecule has 3 aromatic carbocycles. The van der Waals surface area contributed by atoms with E-state index < -0.39 is 0 Å². The van der Waals surface area contributed by atoms with Gasteiger partial charge in [-0.25, -0.2) is 0 Å². The number of carbonyl (C=O) groups is 2. The summed E-state index contributed by atoms with van der Waals surface area (Å²) < 4.78 is 16.7. The molecule has 0 saturated heterocycles. The summed E-state index contributed by atoms with van der Waals surface area (Å²) in [5.41, 5.74) is 4.66. The lowest BCUT2D eigenvalue weighted by Gasteiger charge is -2.17. The number of hydrogen-bond donors (Lipinski definition) is 2. The summed E-state index contributed by atoms with van der Waals surface area (Å²) >= 11 is 0. The summed E-state index contributed by atoms with van der Waals surface area (Å²) in [6, 6.07) is 22.3. The van der Waals surface area contributed by atoms with E-state index in [-0.39, 0.29) is 11.8 Å². The van der Waals surface area contributed by atoms with E-state index in [2.05, 4.69) is 41.0 Å². The molecule has 43 heavy (non-hydrogen) atoms. The summed E-state index contributed by atoms with van der Waals surface area (Å²) in [7, 11) is 4.99. The van der Waals surface area contributed by atoms with Gasteiger partial charge in [-0.1, -0.05) is 67.8 Å². The molecule has 0 saturated carbocycles. The van der Waals surface area contributed by atoms with Gasteiger partial charge in [0.2, 0.25) is 11.8 Å². The molecule has 232 valence electrons. The maximum absolute atomic E-state index is 12.5. The molecule has 0 radical (unpaired) electrons. The zero-order chi connectivity index (χ0) is 30.7. The first-order chi connectivity index (χ1) is 21.0. The Bertz CT molecular complexity index is 1260. The fraction of sp³-hybridized carbons (Fsp3) is 0.444. The molecule has 0 aliphatic rings. The van der Waals surface area contributed by atoms with Crippen molar-refractivity contribution >= 4 is 11.8 Å². The third kappa shape index (κ3) is 12.0. The van der Waals surface area contributed by atoms with Gasteiger partial charge >= 0.3 is 0 Å². The highest BCUT2D eigenvalue weighted by atomic mass is 16.5. The lowest BCUT2D eigenvalue weighted by atomic mass is 9.96. The Hall–Kier alpha value is -4.00. The number of benzene rings is 3. The van der Waals surface area contributed by atoms with E-state index >= 15 is 0 Å². The summed E-state index contributed by atoms with van der Waals surface area (Å²) in [5.74, 6) is 2.50. The second-order valence-electron chi connectivity index (χ2n) is 10.7. The Morgan fingerprint density at radius 3 is 1.91 bits per heavy atom. The fourth-order valence-electron chi connectivity index (χ4n) is 5.24. The molecule has 0 atom stereocenters. The van der Waals surface area contributed by atoms with E-state index in [1.807, 2.05) is 36.4 Å². The van der Waals surface area contributed by atoms with Gasteiger partial charge in [0.15, 0.2) is 11.5 Å². The summed E-state index contributed by atoms with van der Waals surface area (Å²) in [6.45, 7) is 1.24. The molecule has 0 unspecified atom stereocenters. The van der Waals surface area contributed by atoms with Crippen LogP contribution in [0, 0.1) is 0 Å². The van der Waals surface area contributed by atoms with Crippen molar-refractivity contribution in [2.45, 2.75) is 70.6 Å². The minimum atomic E-state index is 0.0798. The summed E-state index contributed by atoms with van der Waals surface area (Å²) in [5, 5.41) is 6.09. The molecule has 2 amide bonds. The van der Waals surface area contributed by atoms with Crippen molar-refractivity contribution in [3.63, 3.8) is 0 Å². The molecule has 0 aliphatic heterocycles. The number of unbranched alkanes of at least 4 members (excludes halogenated alkanes) is 4. The van der Waals surface area contributed by atoms with Gasteiger partial charge in [0.1, 0.15) is 5.75 Å². The number of rotatable bonds is 20. The van der Waals surface area contributed by atoms with Gasteiger partial charge in [0, 0.05) is 31.5 Å². The molecule has 0 heterocycles. The molecule has 0 aliphatic carbocycles. The molecule has 0 bridgehead atoms. The van der Waals surface area contributed by atoms with Gasteiger partial charge < -0.3 is 24.8 Å². The van der Waals surface area contributed by atoms with Crippen molar-refractivity contribution in [1.29, 1.82) is 0 Å². The van der Waals surface area contributed by atoms with Crippen LogP contribution in [0.15, 0.2) is 66.7 Å². The van der Waals surface area contributed by atoms with Crippen LogP contribution in [0.25, 0.3) is 0 Å². The van der Waals surface area contributed by atoms with Crippen LogP contribution in [0.3, 0.4) is 0 Å². The standard InChI is InChI=1S/C36H48N2O5/c1-41-31-16-12-15-29(27-31)19-21-32-30(20-22-33(42-2)36(32)43-3)24-26-38-35(40)18-11-6-4-5-10-17-34(39)37-25-23-28-13-8-7-9-14-28/h7-9,12-16,20,22,27H,4-6,10-11,17-19,21,23-26H2,1-3H3,(H,37,39)(H,38,40). The van der Waals surface area contributed by atoms with Gasteiger partial charge in [-0.3, -0.25) is 9.59 Å². The lowest BCUT2D eigenvalue weighted by molar-refractivity contribution is -0.121. The fourth-order valence-corrected chi connectivity index (χ4v) is 5.24. The van der Waals surface area contributed by atoms with E-state index in [1.54, 1.807) is 21.3 Å². The highest BCUT2D eigenvalue weighted by Crippen LogP contribution is 2.35. The maximum atomic E-state index is 12.5. The minimum absolute atomic E-state index is 0.0798.